The average Bonchev–Trinajstić information content (AvgIpc) is 2.43. The number of benzene rings is 1. The zero-order chi connectivity index (χ0) is 14.8. The van der Waals surface area contributed by atoms with Crippen LogP contribution in [0, 0.1) is 10.1 Å². The Balaban J connectivity index is 2.53. The molecule has 0 aromatic heterocycles. The number of ether oxygens (including phenoxy) is 1. The van der Waals surface area contributed by atoms with Gasteiger partial charge in [-0.2, -0.15) is 0 Å². The van der Waals surface area contributed by atoms with Crippen LogP contribution in [0.5, 0.6) is 5.75 Å². The highest BCUT2D eigenvalue weighted by atomic mass is 16.6. The van der Waals surface area contributed by atoms with E-state index in [1.165, 1.54) is 31.4 Å². The molecule has 0 atom stereocenters. The van der Waals surface area contributed by atoms with Gasteiger partial charge < -0.3 is 10.1 Å². The second kappa shape index (κ2) is 9.18. The predicted molar refractivity (Wildman–Crippen MR) is 81.5 cm³/mol. The van der Waals surface area contributed by atoms with Crippen LogP contribution in [0.4, 0.5) is 11.4 Å². The number of nitrogens with one attached hydrogen (secondary N) is 1. The van der Waals surface area contributed by atoms with Crippen molar-refractivity contribution in [3.8, 4) is 5.75 Å². The van der Waals surface area contributed by atoms with E-state index in [0.29, 0.717) is 12.4 Å². The van der Waals surface area contributed by atoms with E-state index < -0.39 is 4.92 Å². The van der Waals surface area contributed by atoms with Crippen LogP contribution in [-0.2, 0) is 0 Å². The highest BCUT2D eigenvalue weighted by Gasteiger charge is 2.10. The molecule has 0 saturated heterocycles. The van der Waals surface area contributed by atoms with E-state index in [0.717, 1.165) is 25.1 Å². The lowest BCUT2D eigenvalue weighted by atomic mass is 10.2. The van der Waals surface area contributed by atoms with Crippen LogP contribution in [0.15, 0.2) is 18.2 Å². The maximum atomic E-state index is 10.9. The third-order valence-electron chi connectivity index (χ3n) is 3.00. The van der Waals surface area contributed by atoms with Crippen LogP contribution in [0.25, 0.3) is 0 Å². The molecule has 1 rings (SSSR count). The molecule has 1 aromatic carbocycles. The van der Waals surface area contributed by atoms with E-state index in [1.54, 1.807) is 0 Å². The van der Waals surface area contributed by atoms with Gasteiger partial charge in [-0.1, -0.05) is 32.6 Å². The fraction of sp³-hybridized carbons (Fsp3) is 0.600. The Morgan fingerprint density at radius 3 is 2.55 bits per heavy atom. The van der Waals surface area contributed by atoms with E-state index in [1.807, 2.05) is 13.0 Å². The zero-order valence-electron chi connectivity index (χ0n) is 12.4. The van der Waals surface area contributed by atoms with Crippen molar-refractivity contribution in [2.75, 3.05) is 18.5 Å². The van der Waals surface area contributed by atoms with Crippen molar-refractivity contribution in [2.24, 2.45) is 0 Å². The first-order chi connectivity index (χ1) is 9.67. The van der Waals surface area contributed by atoms with Crippen molar-refractivity contribution in [3.63, 3.8) is 0 Å². The molecular weight excluding hydrogens is 256 g/mol. The molecule has 0 amide bonds. The van der Waals surface area contributed by atoms with Gasteiger partial charge in [-0.25, -0.2) is 0 Å². The van der Waals surface area contributed by atoms with E-state index >= 15 is 0 Å². The Bertz CT molecular complexity index is 422. The standard InChI is InChI=1S/C15H24N2O3/c1-3-5-6-7-8-9-20-15-11-13(16-4-2)10-14(12-15)17(18)19/h10-12,16H,3-9H2,1-2H3. The van der Waals surface area contributed by atoms with E-state index in [4.69, 9.17) is 4.74 Å². The number of anilines is 1. The largest absolute Gasteiger partial charge is 0.493 e. The van der Waals surface area contributed by atoms with Crippen LogP contribution >= 0.6 is 0 Å². The second-order valence-corrected chi connectivity index (χ2v) is 4.77. The van der Waals surface area contributed by atoms with Gasteiger partial charge in [0.2, 0.25) is 0 Å². The molecule has 0 fully saturated rings. The Hall–Kier alpha value is -1.78. The van der Waals surface area contributed by atoms with Crippen LogP contribution in [0.2, 0.25) is 0 Å². The number of nitro benzene ring substituents is 1. The third-order valence-corrected chi connectivity index (χ3v) is 3.00. The lowest BCUT2D eigenvalue weighted by Crippen LogP contribution is -2.01. The fourth-order valence-corrected chi connectivity index (χ4v) is 1.97. The lowest BCUT2D eigenvalue weighted by molar-refractivity contribution is -0.384. The van der Waals surface area contributed by atoms with E-state index in [9.17, 15) is 10.1 Å². The lowest BCUT2D eigenvalue weighted by Gasteiger charge is -2.09. The van der Waals surface area contributed by atoms with Gasteiger partial charge in [0.15, 0.2) is 0 Å². The average molecular weight is 280 g/mol. The monoisotopic (exact) mass is 280 g/mol. The molecule has 5 nitrogen and oxygen atoms in total. The number of nitrogens with zero attached hydrogens (tertiary/aromatic N) is 1. The number of rotatable bonds is 10. The Labute approximate surface area is 120 Å². The first-order valence-electron chi connectivity index (χ1n) is 7.33. The number of hydrogen-bond donors (Lipinski definition) is 1. The predicted octanol–water partition coefficient (Wildman–Crippen LogP) is 4.38. The minimum absolute atomic E-state index is 0.0597. The molecule has 0 radical (unpaired) electrons. The minimum atomic E-state index is -0.394. The normalized spacial score (nSPS) is 10.3. The highest BCUT2D eigenvalue weighted by Crippen LogP contribution is 2.26. The molecule has 0 saturated carbocycles. The van der Waals surface area contributed by atoms with Crippen molar-refractivity contribution in [1.29, 1.82) is 0 Å². The van der Waals surface area contributed by atoms with Crippen molar-refractivity contribution in [1.82, 2.24) is 0 Å². The number of nitro groups is 1. The first-order valence-corrected chi connectivity index (χ1v) is 7.33. The molecule has 1 N–H and O–H groups in total. The van der Waals surface area contributed by atoms with Crippen LogP contribution in [0.3, 0.4) is 0 Å². The Morgan fingerprint density at radius 1 is 1.15 bits per heavy atom. The molecule has 0 aliphatic heterocycles. The van der Waals surface area contributed by atoms with Crippen LogP contribution in [-0.4, -0.2) is 18.1 Å². The molecule has 0 heterocycles. The summed E-state index contributed by atoms with van der Waals surface area (Å²) in [5.74, 6) is 0.561. The molecule has 0 aliphatic carbocycles. The van der Waals surface area contributed by atoms with Crippen LogP contribution in [0.1, 0.15) is 46.0 Å². The topological polar surface area (TPSA) is 64.4 Å². The fourth-order valence-electron chi connectivity index (χ4n) is 1.97. The molecular formula is C15H24N2O3. The molecule has 20 heavy (non-hydrogen) atoms. The summed E-state index contributed by atoms with van der Waals surface area (Å²) in [5.41, 5.74) is 0.784. The molecule has 0 aliphatic rings. The van der Waals surface area contributed by atoms with Crippen molar-refractivity contribution >= 4 is 11.4 Å². The van der Waals surface area contributed by atoms with Crippen molar-refractivity contribution in [3.05, 3.63) is 28.3 Å². The molecule has 1 aromatic rings. The van der Waals surface area contributed by atoms with Gasteiger partial charge in [0.1, 0.15) is 5.75 Å². The molecule has 5 heteroatoms. The van der Waals surface area contributed by atoms with E-state index in [-0.39, 0.29) is 5.69 Å². The molecule has 0 bridgehead atoms. The summed E-state index contributed by atoms with van der Waals surface area (Å²) >= 11 is 0. The summed E-state index contributed by atoms with van der Waals surface area (Å²) in [7, 11) is 0. The highest BCUT2D eigenvalue weighted by molar-refractivity contribution is 5.56. The Kier molecular flexibility index (Phi) is 7.47. The van der Waals surface area contributed by atoms with Crippen molar-refractivity contribution in [2.45, 2.75) is 46.0 Å². The van der Waals surface area contributed by atoms with Gasteiger partial charge in [-0.05, 0) is 13.3 Å². The summed E-state index contributed by atoms with van der Waals surface area (Å²) in [4.78, 5) is 10.5. The first kappa shape index (κ1) is 16.3. The van der Waals surface area contributed by atoms with Gasteiger partial charge in [-0.3, -0.25) is 10.1 Å². The maximum absolute atomic E-state index is 10.9. The van der Waals surface area contributed by atoms with Gasteiger partial charge in [0.25, 0.3) is 5.69 Å². The summed E-state index contributed by atoms with van der Waals surface area (Å²) in [5, 5.41) is 14.0. The quantitative estimate of drug-likeness (QED) is 0.392. The SMILES string of the molecule is CCCCCCCOc1cc(NCC)cc([N+](=O)[O-])c1. The molecule has 0 spiro atoms. The number of non-ortho nitro benzene ring substituents is 1. The van der Waals surface area contributed by atoms with E-state index in [2.05, 4.69) is 12.2 Å². The van der Waals surface area contributed by atoms with Gasteiger partial charge in [0.05, 0.1) is 17.6 Å². The molecule has 0 unspecified atom stereocenters. The van der Waals surface area contributed by atoms with Gasteiger partial charge in [0, 0.05) is 24.4 Å². The molecule has 112 valence electrons. The summed E-state index contributed by atoms with van der Waals surface area (Å²) < 4.78 is 5.62. The third kappa shape index (κ3) is 5.91. The number of hydrogen-bond acceptors (Lipinski definition) is 4. The Morgan fingerprint density at radius 2 is 1.90 bits per heavy atom. The summed E-state index contributed by atoms with van der Waals surface area (Å²) in [6.45, 7) is 5.46. The summed E-state index contributed by atoms with van der Waals surface area (Å²) in [6.07, 6.45) is 5.82. The maximum Gasteiger partial charge on any atom is 0.275 e. The zero-order valence-corrected chi connectivity index (χ0v) is 12.4. The number of unbranched alkanes of at least 4 members (excludes halogenated alkanes) is 4. The summed E-state index contributed by atoms with van der Waals surface area (Å²) in [6, 6.07) is 4.81. The second-order valence-electron chi connectivity index (χ2n) is 4.77. The van der Waals surface area contributed by atoms with Gasteiger partial charge in [-0.15, -0.1) is 0 Å². The van der Waals surface area contributed by atoms with Crippen molar-refractivity contribution < 1.29 is 9.66 Å². The van der Waals surface area contributed by atoms with Crippen LogP contribution < -0.4 is 10.1 Å². The van der Waals surface area contributed by atoms with Gasteiger partial charge >= 0.3 is 0 Å². The smallest absolute Gasteiger partial charge is 0.275 e. The minimum Gasteiger partial charge on any atom is -0.493 e.